The Labute approximate surface area is 120 Å². The first-order chi connectivity index (χ1) is 10.1. The van der Waals surface area contributed by atoms with Crippen LogP contribution in [-0.4, -0.2) is 37.1 Å². The Kier molecular flexibility index (Phi) is 4.65. The lowest BCUT2D eigenvalue weighted by Gasteiger charge is -2.11. The monoisotopic (exact) mass is 290 g/mol. The van der Waals surface area contributed by atoms with Crippen LogP contribution in [0.3, 0.4) is 0 Å². The fourth-order valence-electron chi connectivity index (χ4n) is 1.70. The molecule has 1 amide bonds. The number of Topliss-reactive ketones (excluding diaryl/α,β-unsaturated/α-hetero) is 1. The molecule has 0 unspecified atom stereocenters. The Morgan fingerprint density at radius 3 is 2.52 bits per heavy atom. The third-order valence-electron chi connectivity index (χ3n) is 2.89. The molecule has 21 heavy (non-hydrogen) atoms. The maximum Gasteiger partial charge on any atom is 0.354 e. The van der Waals surface area contributed by atoms with Crippen LogP contribution >= 0.6 is 0 Å². The second kappa shape index (κ2) is 6.65. The molecule has 1 aliphatic heterocycles. The summed E-state index contributed by atoms with van der Waals surface area (Å²) in [5.74, 6) is -0.639. The topological polar surface area (TPSA) is 94.1 Å². The van der Waals surface area contributed by atoms with Crippen LogP contribution in [0.4, 0.5) is 0 Å². The van der Waals surface area contributed by atoms with Crippen LogP contribution in [0, 0.1) is 0 Å². The van der Waals surface area contributed by atoms with Gasteiger partial charge in [-0.2, -0.15) is 5.10 Å². The molecule has 1 heterocycles. The fraction of sp³-hybridized carbons (Fsp3) is 0.286. The molecule has 7 heteroatoms. The van der Waals surface area contributed by atoms with Gasteiger partial charge in [0, 0.05) is 18.4 Å². The van der Waals surface area contributed by atoms with Gasteiger partial charge in [0.2, 0.25) is 5.91 Å². The molecule has 0 aliphatic carbocycles. The van der Waals surface area contributed by atoms with Gasteiger partial charge in [-0.15, -0.1) is 0 Å². The molecule has 2 rings (SSSR count). The standard InChI is InChI=1S/C14H14N2O5/c1-20-10-4-2-9(3-5-10)12(17)8-21-14(19)11-6-7-13(18)16-15-11/h2-5H,6-8H2,1H3,(H,16,18). The second-order valence-corrected chi connectivity index (χ2v) is 4.32. The van der Waals surface area contributed by atoms with E-state index in [9.17, 15) is 14.4 Å². The van der Waals surface area contributed by atoms with Crippen LogP contribution in [0.15, 0.2) is 29.4 Å². The Morgan fingerprint density at radius 1 is 1.24 bits per heavy atom. The number of nitrogens with one attached hydrogen (secondary N) is 1. The van der Waals surface area contributed by atoms with Gasteiger partial charge in [0.1, 0.15) is 11.5 Å². The number of hydrogen-bond donors (Lipinski definition) is 1. The lowest BCUT2D eigenvalue weighted by molar-refractivity contribution is -0.134. The van der Waals surface area contributed by atoms with E-state index in [1.807, 2.05) is 0 Å². The minimum atomic E-state index is -0.697. The van der Waals surface area contributed by atoms with Gasteiger partial charge in [-0.05, 0) is 24.3 Å². The minimum Gasteiger partial charge on any atom is -0.497 e. The Hall–Kier alpha value is -2.70. The van der Waals surface area contributed by atoms with Crippen molar-refractivity contribution in [3.63, 3.8) is 0 Å². The van der Waals surface area contributed by atoms with Crippen molar-refractivity contribution in [2.45, 2.75) is 12.8 Å². The zero-order valence-corrected chi connectivity index (χ0v) is 11.4. The van der Waals surface area contributed by atoms with Crippen LogP contribution in [-0.2, 0) is 14.3 Å². The lowest BCUT2D eigenvalue weighted by Crippen LogP contribution is -2.31. The summed E-state index contributed by atoms with van der Waals surface area (Å²) >= 11 is 0. The first-order valence-electron chi connectivity index (χ1n) is 6.30. The molecule has 0 fully saturated rings. The maximum atomic E-state index is 11.9. The highest BCUT2D eigenvalue weighted by Gasteiger charge is 2.20. The number of rotatable bonds is 5. The Bertz CT molecular complexity index is 592. The fourth-order valence-corrected chi connectivity index (χ4v) is 1.70. The molecular weight excluding hydrogens is 276 g/mol. The number of carbonyl (C=O) groups excluding carboxylic acids is 3. The number of methoxy groups -OCH3 is 1. The van der Waals surface area contributed by atoms with Gasteiger partial charge < -0.3 is 9.47 Å². The number of benzene rings is 1. The summed E-state index contributed by atoms with van der Waals surface area (Å²) in [4.78, 5) is 34.4. The van der Waals surface area contributed by atoms with Crippen molar-refractivity contribution < 1.29 is 23.9 Å². The van der Waals surface area contributed by atoms with Gasteiger partial charge in [0.05, 0.1) is 7.11 Å². The lowest BCUT2D eigenvalue weighted by atomic mass is 10.1. The molecule has 110 valence electrons. The molecule has 0 aromatic heterocycles. The highest BCUT2D eigenvalue weighted by Crippen LogP contribution is 2.12. The van der Waals surface area contributed by atoms with E-state index >= 15 is 0 Å². The molecule has 7 nitrogen and oxygen atoms in total. The summed E-state index contributed by atoms with van der Waals surface area (Å²) in [7, 11) is 1.53. The molecule has 0 saturated heterocycles. The van der Waals surface area contributed by atoms with Crippen molar-refractivity contribution >= 4 is 23.4 Å². The SMILES string of the molecule is COc1ccc(C(=O)COC(=O)C2=NNC(=O)CC2)cc1. The van der Waals surface area contributed by atoms with Gasteiger partial charge in [-0.1, -0.05) is 0 Å². The molecule has 0 atom stereocenters. The van der Waals surface area contributed by atoms with Gasteiger partial charge in [-0.3, -0.25) is 9.59 Å². The van der Waals surface area contributed by atoms with E-state index in [1.54, 1.807) is 24.3 Å². The van der Waals surface area contributed by atoms with E-state index in [4.69, 9.17) is 9.47 Å². The zero-order valence-electron chi connectivity index (χ0n) is 11.4. The molecule has 1 N–H and O–H groups in total. The summed E-state index contributed by atoms with van der Waals surface area (Å²) < 4.78 is 9.88. The molecule has 1 aromatic rings. The highest BCUT2D eigenvalue weighted by atomic mass is 16.5. The van der Waals surface area contributed by atoms with Crippen molar-refractivity contribution in [3.05, 3.63) is 29.8 Å². The second-order valence-electron chi connectivity index (χ2n) is 4.32. The quantitative estimate of drug-likeness (QED) is 0.636. The first-order valence-corrected chi connectivity index (χ1v) is 6.30. The number of ketones is 1. The van der Waals surface area contributed by atoms with Crippen molar-refractivity contribution in [3.8, 4) is 5.75 Å². The summed E-state index contributed by atoms with van der Waals surface area (Å²) in [6.07, 6.45) is 0.391. The van der Waals surface area contributed by atoms with Crippen LogP contribution in [0.1, 0.15) is 23.2 Å². The van der Waals surface area contributed by atoms with Gasteiger partial charge >= 0.3 is 5.97 Å². The minimum absolute atomic E-state index is 0.108. The largest absolute Gasteiger partial charge is 0.497 e. The molecule has 0 radical (unpaired) electrons. The van der Waals surface area contributed by atoms with E-state index in [1.165, 1.54) is 7.11 Å². The number of amides is 1. The number of esters is 1. The van der Waals surface area contributed by atoms with E-state index in [2.05, 4.69) is 10.5 Å². The van der Waals surface area contributed by atoms with E-state index in [0.717, 1.165) is 0 Å². The summed E-state index contributed by atoms with van der Waals surface area (Å²) in [5, 5.41) is 3.60. The van der Waals surface area contributed by atoms with Crippen molar-refractivity contribution in [2.75, 3.05) is 13.7 Å². The average molecular weight is 290 g/mol. The van der Waals surface area contributed by atoms with Gasteiger partial charge in [-0.25, -0.2) is 10.2 Å². The van der Waals surface area contributed by atoms with Crippen LogP contribution in [0.5, 0.6) is 5.75 Å². The van der Waals surface area contributed by atoms with Gasteiger partial charge in [0.25, 0.3) is 0 Å². The predicted octanol–water partition coefficient (Wildman–Crippen LogP) is 0.687. The van der Waals surface area contributed by atoms with Crippen LogP contribution in [0.25, 0.3) is 0 Å². The summed E-state index contributed by atoms with van der Waals surface area (Å²) in [6, 6.07) is 6.48. The van der Waals surface area contributed by atoms with E-state index in [0.29, 0.717) is 11.3 Å². The summed E-state index contributed by atoms with van der Waals surface area (Å²) in [6.45, 7) is -0.377. The zero-order chi connectivity index (χ0) is 15.2. The molecular formula is C14H14N2O5. The molecule has 1 aliphatic rings. The third-order valence-corrected chi connectivity index (χ3v) is 2.89. The van der Waals surface area contributed by atoms with E-state index in [-0.39, 0.29) is 36.9 Å². The Morgan fingerprint density at radius 2 is 1.95 bits per heavy atom. The molecule has 0 spiro atoms. The third kappa shape index (κ3) is 3.88. The Balaban J connectivity index is 1.88. The number of nitrogens with zero attached hydrogens (tertiary/aromatic N) is 1. The van der Waals surface area contributed by atoms with Crippen LogP contribution < -0.4 is 10.2 Å². The smallest absolute Gasteiger partial charge is 0.354 e. The van der Waals surface area contributed by atoms with Crippen LogP contribution in [0.2, 0.25) is 0 Å². The number of carbonyl (C=O) groups is 3. The number of ether oxygens (including phenoxy) is 2. The van der Waals surface area contributed by atoms with Crippen molar-refractivity contribution in [1.82, 2.24) is 5.43 Å². The number of hydrogen-bond acceptors (Lipinski definition) is 6. The molecule has 0 bridgehead atoms. The highest BCUT2D eigenvalue weighted by molar-refractivity contribution is 6.37. The maximum absolute atomic E-state index is 11.9. The van der Waals surface area contributed by atoms with Crippen molar-refractivity contribution in [1.29, 1.82) is 0 Å². The number of hydrazone groups is 1. The average Bonchev–Trinajstić information content (AvgIpc) is 2.53. The first kappa shape index (κ1) is 14.7. The molecule has 1 aromatic carbocycles. The predicted molar refractivity (Wildman–Crippen MR) is 73.1 cm³/mol. The van der Waals surface area contributed by atoms with E-state index < -0.39 is 5.97 Å². The summed E-state index contributed by atoms with van der Waals surface area (Å²) in [5.41, 5.74) is 2.72. The normalized spacial score (nSPS) is 14.0. The van der Waals surface area contributed by atoms with Crippen molar-refractivity contribution in [2.24, 2.45) is 5.10 Å². The molecule has 0 saturated carbocycles. The van der Waals surface area contributed by atoms with Gasteiger partial charge in [0.15, 0.2) is 12.4 Å².